The zero-order chi connectivity index (χ0) is 42.8. The molecule has 338 valence electrons. The summed E-state index contributed by atoms with van der Waals surface area (Å²) in [7, 11) is -4.76. The summed E-state index contributed by atoms with van der Waals surface area (Å²) in [5, 5.41) is 21.8. The van der Waals surface area contributed by atoms with Crippen molar-refractivity contribution in [2.75, 3.05) is 19.8 Å². The maximum atomic E-state index is 12.3. The van der Waals surface area contributed by atoms with E-state index in [-0.39, 0.29) is 12.8 Å². The average Bonchev–Trinajstić information content (AvgIpc) is 3.20. The number of esters is 1. The predicted octanol–water partition coefficient (Wildman–Crippen LogP) is 12.0. The fraction of sp³-hybridized carbons (Fsp3) is 0.804. The van der Waals surface area contributed by atoms with Crippen LogP contribution in [-0.2, 0) is 32.7 Å². The lowest BCUT2D eigenvalue weighted by Crippen LogP contribution is -2.43. The fourth-order valence-corrected chi connectivity index (χ4v) is 7.16. The van der Waals surface area contributed by atoms with Crippen LogP contribution in [0.5, 0.6) is 0 Å². The average molecular weight is 842 g/mol. The van der Waals surface area contributed by atoms with Gasteiger partial charge >= 0.3 is 19.8 Å². The normalized spacial score (nSPS) is 14.0. The Labute approximate surface area is 352 Å². The van der Waals surface area contributed by atoms with Crippen LogP contribution in [0.4, 0.5) is 0 Å². The molecule has 0 aliphatic heterocycles. The number of ether oxygens (including phenoxy) is 1. The first-order valence-electron chi connectivity index (χ1n) is 23.0. The topological polar surface area (TPSA) is 169 Å². The van der Waals surface area contributed by atoms with Gasteiger partial charge in [-0.1, -0.05) is 185 Å². The Kier molecular flexibility index (Phi) is 39.8. The number of hydrogen-bond acceptors (Lipinski definition) is 8. The monoisotopic (exact) mass is 842 g/mol. The van der Waals surface area contributed by atoms with Crippen LogP contribution in [0.15, 0.2) is 36.5 Å². The van der Waals surface area contributed by atoms with Gasteiger partial charge < -0.3 is 25.2 Å². The molecule has 0 saturated heterocycles. The van der Waals surface area contributed by atoms with E-state index in [2.05, 4.69) is 55.6 Å². The largest absolute Gasteiger partial charge is 0.480 e. The zero-order valence-corrected chi connectivity index (χ0v) is 37.5. The quantitative estimate of drug-likeness (QED) is 0.0201. The molecule has 0 saturated carbocycles. The number of hydrogen-bond donors (Lipinski definition) is 4. The lowest BCUT2D eigenvalue weighted by atomic mass is 10.0. The summed E-state index contributed by atoms with van der Waals surface area (Å²) in [4.78, 5) is 45.9. The van der Waals surface area contributed by atoms with E-state index in [4.69, 9.17) is 13.8 Å². The van der Waals surface area contributed by atoms with Crippen molar-refractivity contribution in [1.29, 1.82) is 0 Å². The van der Waals surface area contributed by atoms with Crippen LogP contribution in [0.25, 0.3) is 0 Å². The summed E-state index contributed by atoms with van der Waals surface area (Å²) in [6.45, 7) is 2.46. The van der Waals surface area contributed by atoms with Gasteiger partial charge in [0, 0.05) is 12.8 Å². The molecule has 0 heterocycles. The molecule has 0 aromatic carbocycles. The number of carbonyl (C=O) groups excluding carboxylic acids is 2. The Bertz CT molecular complexity index is 1130. The Morgan fingerprint density at radius 3 is 1.50 bits per heavy atom. The molecular formula is C46H84NO10P. The highest BCUT2D eigenvalue weighted by molar-refractivity contribution is 7.47. The Balaban J connectivity index is 3.86. The number of carboxylic acids is 1. The summed E-state index contributed by atoms with van der Waals surface area (Å²) in [6, 6.07) is -1.55. The molecule has 58 heavy (non-hydrogen) atoms. The molecule has 0 aromatic rings. The minimum atomic E-state index is -4.76. The molecule has 0 fully saturated rings. The maximum absolute atomic E-state index is 12.3. The zero-order valence-electron chi connectivity index (χ0n) is 36.6. The number of nitrogens with one attached hydrogen (secondary N) is 1. The van der Waals surface area contributed by atoms with Crippen LogP contribution in [0.1, 0.15) is 206 Å². The van der Waals surface area contributed by atoms with Crippen molar-refractivity contribution in [1.82, 2.24) is 5.32 Å². The van der Waals surface area contributed by atoms with Crippen LogP contribution in [-0.4, -0.2) is 64.9 Å². The third-order valence-electron chi connectivity index (χ3n) is 9.94. The van der Waals surface area contributed by atoms with Gasteiger partial charge in [0.2, 0.25) is 5.91 Å². The van der Waals surface area contributed by atoms with Gasteiger partial charge in [0.15, 0.2) is 6.04 Å². The van der Waals surface area contributed by atoms with Crippen molar-refractivity contribution in [2.45, 2.75) is 219 Å². The number of allylic oxidation sites excluding steroid dienone is 6. The van der Waals surface area contributed by atoms with Gasteiger partial charge in [0.05, 0.1) is 13.2 Å². The van der Waals surface area contributed by atoms with Gasteiger partial charge in [-0.05, 0) is 44.9 Å². The number of rotatable bonds is 43. The van der Waals surface area contributed by atoms with Gasteiger partial charge in [-0.25, -0.2) is 9.36 Å². The molecule has 3 atom stereocenters. The van der Waals surface area contributed by atoms with E-state index >= 15 is 0 Å². The lowest BCUT2D eigenvalue weighted by Gasteiger charge is -2.18. The first-order chi connectivity index (χ1) is 28.1. The number of phosphoric acid groups is 1. The summed E-state index contributed by atoms with van der Waals surface area (Å²) < 4.78 is 26.8. The predicted molar refractivity (Wildman–Crippen MR) is 236 cm³/mol. The standard InChI is InChI=1S/C46H84NO10P/c1-3-5-7-9-11-13-15-17-18-19-20-21-22-23-24-26-27-29-31-33-35-37-44(49)47-43(46(51)52)41-57-58(53,54)56-40-42(48)39-55-45(50)38-36-34-32-30-28-25-16-14-12-10-8-6-4-2/h6,8,12,14,25,28,42-43,48H,3-5,7,9-11,13,15-24,26-27,29-41H2,1-2H3,(H,47,49)(H,51,52)(H,53,54)/b8-6-,14-12-,28-25-. The van der Waals surface area contributed by atoms with Crippen molar-refractivity contribution in [2.24, 2.45) is 0 Å². The SMILES string of the molecule is CC/C=C\C/C=C\C/C=C\CCCCCC(=O)OCC(O)COP(=O)(O)OCC(NC(=O)CCCCCCCCCCCCCCCCCCCCCCC)C(=O)O. The number of phosphoric ester groups is 1. The highest BCUT2D eigenvalue weighted by Gasteiger charge is 2.28. The van der Waals surface area contributed by atoms with Crippen LogP contribution in [0.2, 0.25) is 0 Å². The van der Waals surface area contributed by atoms with Crippen LogP contribution in [0.3, 0.4) is 0 Å². The highest BCUT2D eigenvalue weighted by Crippen LogP contribution is 2.43. The minimum Gasteiger partial charge on any atom is -0.480 e. The molecule has 0 rings (SSSR count). The smallest absolute Gasteiger partial charge is 0.472 e. The summed E-state index contributed by atoms with van der Waals surface area (Å²) >= 11 is 0. The lowest BCUT2D eigenvalue weighted by molar-refractivity contribution is -0.147. The van der Waals surface area contributed by atoms with Crippen molar-refractivity contribution < 1.29 is 47.8 Å². The second-order valence-corrected chi connectivity index (χ2v) is 17.0. The number of aliphatic hydroxyl groups excluding tert-OH is 1. The van der Waals surface area contributed by atoms with Crippen LogP contribution < -0.4 is 5.32 Å². The van der Waals surface area contributed by atoms with E-state index in [0.29, 0.717) is 12.8 Å². The van der Waals surface area contributed by atoms with Gasteiger partial charge in [-0.15, -0.1) is 0 Å². The first kappa shape index (κ1) is 55.7. The minimum absolute atomic E-state index is 0.147. The summed E-state index contributed by atoms with van der Waals surface area (Å²) in [5.41, 5.74) is 0. The van der Waals surface area contributed by atoms with E-state index in [9.17, 15) is 34.1 Å². The van der Waals surface area contributed by atoms with Gasteiger partial charge in [-0.3, -0.25) is 18.6 Å². The Hall–Kier alpha value is -2.30. The van der Waals surface area contributed by atoms with Crippen molar-refractivity contribution in [3.63, 3.8) is 0 Å². The van der Waals surface area contributed by atoms with Crippen LogP contribution in [0, 0.1) is 0 Å². The summed E-state index contributed by atoms with van der Waals surface area (Å²) in [6.07, 6.45) is 44.6. The molecule has 0 aromatic heterocycles. The fourth-order valence-electron chi connectivity index (χ4n) is 6.39. The molecule has 4 N–H and O–H groups in total. The van der Waals surface area contributed by atoms with Crippen molar-refractivity contribution in [3.05, 3.63) is 36.5 Å². The molecule has 12 heteroatoms. The van der Waals surface area contributed by atoms with Gasteiger partial charge in [0.25, 0.3) is 0 Å². The number of amides is 1. The van der Waals surface area contributed by atoms with Crippen molar-refractivity contribution in [3.8, 4) is 0 Å². The van der Waals surface area contributed by atoms with Gasteiger partial charge in [-0.2, -0.15) is 0 Å². The molecule has 0 bridgehead atoms. The highest BCUT2D eigenvalue weighted by atomic mass is 31.2. The molecule has 0 aliphatic carbocycles. The molecule has 0 radical (unpaired) electrons. The van der Waals surface area contributed by atoms with Gasteiger partial charge in [0.1, 0.15) is 12.7 Å². The number of aliphatic hydroxyl groups is 1. The number of carbonyl (C=O) groups is 3. The number of carboxylic acid groups (broad SMARTS) is 1. The summed E-state index contributed by atoms with van der Waals surface area (Å²) in [5.74, 6) is -2.40. The third-order valence-corrected chi connectivity index (χ3v) is 10.9. The first-order valence-corrected chi connectivity index (χ1v) is 24.5. The van der Waals surface area contributed by atoms with E-state index in [0.717, 1.165) is 57.8 Å². The molecule has 3 unspecified atom stereocenters. The molecule has 11 nitrogen and oxygen atoms in total. The Morgan fingerprint density at radius 2 is 1.00 bits per heavy atom. The maximum Gasteiger partial charge on any atom is 0.472 e. The second kappa shape index (κ2) is 41.4. The van der Waals surface area contributed by atoms with E-state index in [1.54, 1.807) is 0 Å². The number of unbranched alkanes of at least 4 members (excludes halogenated alkanes) is 23. The molecule has 0 spiro atoms. The molecular weight excluding hydrogens is 757 g/mol. The third kappa shape index (κ3) is 40.5. The molecule has 1 amide bonds. The molecule has 0 aliphatic rings. The van der Waals surface area contributed by atoms with Crippen molar-refractivity contribution >= 4 is 25.7 Å². The Morgan fingerprint density at radius 1 is 0.569 bits per heavy atom. The van der Waals surface area contributed by atoms with E-state index in [1.807, 2.05) is 0 Å². The number of aliphatic carboxylic acids is 1. The van der Waals surface area contributed by atoms with E-state index < -0.39 is 57.6 Å². The second-order valence-electron chi connectivity index (χ2n) is 15.6. The van der Waals surface area contributed by atoms with Crippen LogP contribution >= 0.6 is 7.82 Å². The van der Waals surface area contributed by atoms with E-state index in [1.165, 1.54) is 109 Å².